The van der Waals surface area contributed by atoms with Gasteiger partial charge in [0.25, 0.3) is 0 Å². The van der Waals surface area contributed by atoms with Gasteiger partial charge in [0.2, 0.25) is 6.41 Å². The van der Waals surface area contributed by atoms with E-state index >= 15 is 0 Å². The number of hydrogen-bond donors (Lipinski definition) is 3. The third-order valence-corrected chi connectivity index (χ3v) is 2.39. The molecule has 0 saturated carbocycles. The molecule has 0 aliphatic carbocycles. The molecule has 98 valence electrons. The van der Waals surface area contributed by atoms with E-state index < -0.39 is 11.8 Å². The van der Waals surface area contributed by atoms with E-state index in [9.17, 15) is 14.0 Å². The summed E-state index contributed by atoms with van der Waals surface area (Å²) < 4.78 is 13.9. The van der Waals surface area contributed by atoms with Crippen molar-refractivity contribution in [2.45, 2.75) is 0 Å². The number of aromatic carboxylic acids is 1. The molecule has 0 aliphatic rings. The van der Waals surface area contributed by atoms with Crippen LogP contribution >= 0.6 is 0 Å². The Hall–Kier alpha value is -2.90. The van der Waals surface area contributed by atoms with Crippen molar-refractivity contribution in [3.63, 3.8) is 0 Å². The summed E-state index contributed by atoms with van der Waals surface area (Å²) in [6.07, 6.45) is 0.333. The van der Waals surface area contributed by atoms with E-state index in [0.29, 0.717) is 12.1 Å². The standard InChI is InChI=1S/C11H9FN4O3/c12-6-1-3-7(4-2-6)16-9(11(18)19)8(13)10(15-16)14-5-17/h1-5H,13H2,(H,18,19)(H,14,15,17). The molecule has 19 heavy (non-hydrogen) atoms. The number of rotatable bonds is 4. The number of carboxylic acid groups (broad SMARTS) is 1. The highest BCUT2D eigenvalue weighted by Gasteiger charge is 2.22. The SMILES string of the molecule is Nc1c(NC=O)nn(-c2ccc(F)cc2)c1C(=O)O. The fourth-order valence-electron chi connectivity index (χ4n) is 1.57. The fraction of sp³-hybridized carbons (Fsp3) is 0. The van der Waals surface area contributed by atoms with E-state index in [1.165, 1.54) is 12.1 Å². The minimum atomic E-state index is -1.31. The van der Waals surface area contributed by atoms with Gasteiger partial charge >= 0.3 is 5.97 Å². The van der Waals surface area contributed by atoms with Gasteiger partial charge in [0.1, 0.15) is 11.5 Å². The van der Waals surface area contributed by atoms with Crippen molar-refractivity contribution >= 4 is 23.9 Å². The number of hydrogen-bond acceptors (Lipinski definition) is 4. The molecule has 2 aromatic rings. The average Bonchev–Trinajstić information content (AvgIpc) is 2.68. The lowest BCUT2D eigenvalue weighted by molar-refractivity contribution is -0.105. The zero-order valence-electron chi connectivity index (χ0n) is 9.50. The van der Waals surface area contributed by atoms with Crippen LogP contribution in [0.3, 0.4) is 0 Å². The van der Waals surface area contributed by atoms with E-state index in [0.717, 1.165) is 16.8 Å². The molecule has 0 spiro atoms. The van der Waals surface area contributed by atoms with Crippen molar-refractivity contribution < 1.29 is 19.1 Å². The maximum absolute atomic E-state index is 12.8. The van der Waals surface area contributed by atoms with Gasteiger partial charge in [-0.1, -0.05) is 0 Å². The number of nitrogens with one attached hydrogen (secondary N) is 1. The molecule has 1 heterocycles. The summed E-state index contributed by atoms with van der Waals surface area (Å²) in [4.78, 5) is 21.6. The minimum Gasteiger partial charge on any atom is -0.476 e. The Bertz CT molecular complexity index is 636. The zero-order chi connectivity index (χ0) is 14.0. The number of carbonyl (C=O) groups excluding carboxylic acids is 1. The number of benzene rings is 1. The molecule has 0 aliphatic heterocycles. The van der Waals surface area contributed by atoms with Crippen LogP contribution in [0.1, 0.15) is 10.5 Å². The number of carbonyl (C=O) groups is 2. The largest absolute Gasteiger partial charge is 0.476 e. The van der Waals surface area contributed by atoms with E-state index in [2.05, 4.69) is 10.4 Å². The second kappa shape index (κ2) is 4.77. The number of carboxylic acids is 1. The first kappa shape index (κ1) is 12.6. The van der Waals surface area contributed by atoms with Gasteiger partial charge in [-0.3, -0.25) is 4.79 Å². The molecular formula is C11H9FN4O3. The highest BCUT2D eigenvalue weighted by molar-refractivity contribution is 5.97. The molecule has 0 atom stereocenters. The topological polar surface area (TPSA) is 110 Å². The molecule has 4 N–H and O–H groups in total. The van der Waals surface area contributed by atoms with Crippen molar-refractivity contribution in [1.82, 2.24) is 9.78 Å². The third-order valence-electron chi connectivity index (χ3n) is 2.39. The summed E-state index contributed by atoms with van der Waals surface area (Å²) >= 11 is 0. The number of nitrogens with two attached hydrogens (primary N) is 1. The maximum atomic E-state index is 12.8. The first-order valence-electron chi connectivity index (χ1n) is 5.12. The van der Waals surface area contributed by atoms with Crippen LogP contribution in [0.25, 0.3) is 5.69 Å². The minimum absolute atomic E-state index is 0.0725. The Morgan fingerprint density at radius 3 is 2.58 bits per heavy atom. The lowest BCUT2D eigenvalue weighted by atomic mass is 10.3. The predicted molar refractivity (Wildman–Crippen MR) is 64.6 cm³/mol. The zero-order valence-corrected chi connectivity index (χ0v) is 9.50. The van der Waals surface area contributed by atoms with Gasteiger partial charge in [0.15, 0.2) is 11.5 Å². The molecular weight excluding hydrogens is 255 g/mol. The second-order valence-electron chi connectivity index (χ2n) is 3.57. The number of anilines is 2. The molecule has 8 heteroatoms. The Balaban J connectivity index is 2.61. The summed E-state index contributed by atoms with van der Waals surface area (Å²) in [5, 5.41) is 15.2. The number of nitrogen functional groups attached to an aromatic ring is 1. The van der Waals surface area contributed by atoms with Gasteiger partial charge in [-0.05, 0) is 24.3 Å². The molecule has 1 aromatic heterocycles. The summed E-state index contributed by atoms with van der Waals surface area (Å²) in [6, 6.07) is 5.01. The van der Waals surface area contributed by atoms with Crippen LogP contribution in [-0.4, -0.2) is 27.3 Å². The van der Waals surface area contributed by atoms with Gasteiger partial charge in [-0.15, -0.1) is 5.10 Å². The summed E-state index contributed by atoms with van der Waals surface area (Å²) in [6.45, 7) is 0. The molecule has 7 nitrogen and oxygen atoms in total. The van der Waals surface area contributed by atoms with Crippen LogP contribution in [0, 0.1) is 5.82 Å². The molecule has 0 saturated heterocycles. The Morgan fingerprint density at radius 1 is 1.42 bits per heavy atom. The number of halogens is 1. The Kier molecular flexibility index (Phi) is 3.15. The lowest BCUT2D eigenvalue weighted by Gasteiger charge is -2.03. The first-order valence-corrected chi connectivity index (χ1v) is 5.12. The van der Waals surface area contributed by atoms with E-state index in [1.807, 2.05) is 0 Å². The molecule has 0 bridgehead atoms. The van der Waals surface area contributed by atoms with Crippen molar-refractivity contribution in [3.05, 3.63) is 35.8 Å². The van der Waals surface area contributed by atoms with E-state index in [4.69, 9.17) is 10.8 Å². The Labute approximate surface area is 106 Å². The molecule has 0 unspecified atom stereocenters. The number of nitrogens with zero attached hydrogens (tertiary/aromatic N) is 2. The van der Waals surface area contributed by atoms with Crippen molar-refractivity contribution in [3.8, 4) is 5.69 Å². The van der Waals surface area contributed by atoms with E-state index in [1.54, 1.807) is 0 Å². The number of aromatic nitrogens is 2. The quantitative estimate of drug-likeness (QED) is 0.709. The fourth-order valence-corrected chi connectivity index (χ4v) is 1.57. The summed E-state index contributed by atoms with van der Waals surface area (Å²) in [5.41, 5.74) is 5.42. The molecule has 2 rings (SSSR count). The van der Waals surface area contributed by atoms with Gasteiger partial charge in [-0.25, -0.2) is 13.9 Å². The highest BCUT2D eigenvalue weighted by atomic mass is 19.1. The van der Waals surface area contributed by atoms with Crippen LogP contribution < -0.4 is 11.1 Å². The van der Waals surface area contributed by atoms with Gasteiger partial charge < -0.3 is 16.2 Å². The first-order chi connectivity index (χ1) is 9.04. The van der Waals surface area contributed by atoms with Crippen LogP contribution in [0.15, 0.2) is 24.3 Å². The smallest absolute Gasteiger partial charge is 0.356 e. The van der Waals surface area contributed by atoms with Crippen LogP contribution in [0.2, 0.25) is 0 Å². The monoisotopic (exact) mass is 264 g/mol. The molecule has 0 radical (unpaired) electrons. The van der Waals surface area contributed by atoms with Gasteiger partial charge in [0, 0.05) is 0 Å². The van der Waals surface area contributed by atoms with Gasteiger partial charge in [0.05, 0.1) is 5.69 Å². The van der Waals surface area contributed by atoms with E-state index in [-0.39, 0.29) is 17.2 Å². The summed E-state index contributed by atoms with van der Waals surface area (Å²) in [5.74, 6) is -1.85. The van der Waals surface area contributed by atoms with Crippen LogP contribution in [0.5, 0.6) is 0 Å². The average molecular weight is 264 g/mol. The second-order valence-corrected chi connectivity index (χ2v) is 3.57. The molecule has 0 fully saturated rings. The van der Waals surface area contributed by atoms with Crippen molar-refractivity contribution in [2.75, 3.05) is 11.1 Å². The molecule has 1 aromatic carbocycles. The van der Waals surface area contributed by atoms with Crippen molar-refractivity contribution in [1.29, 1.82) is 0 Å². The maximum Gasteiger partial charge on any atom is 0.356 e. The highest BCUT2D eigenvalue weighted by Crippen LogP contribution is 2.24. The van der Waals surface area contributed by atoms with Crippen LogP contribution in [-0.2, 0) is 4.79 Å². The summed E-state index contributed by atoms with van der Waals surface area (Å²) in [7, 11) is 0. The van der Waals surface area contributed by atoms with Crippen molar-refractivity contribution in [2.24, 2.45) is 0 Å². The predicted octanol–water partition coefficient (Wildman–Crippen LogP) is 0.860. The molecule has 1 amide bonds. The van der Waals surface area contributed by atoms with Gasteiger partial charge in [-0.2, -0.15) is 0 Å². The Morgan fingerprint density at radius 2 is 2.05 bits per heavy atom. The third kappa shape index (κ3) is 2.23. The number of amides is 1. The lowest BCUT2D eigenvalue weighted by Crippen LogP contribution is -2.09. The normalized spacial score (nSPS) is 10.2. The van der Waals surface area contributed by atoms with Crippen LogP contribution in [0.4, 0.5) is 15.9 Å².